The van der Waals surface area contributed by atoms with Crippen molar-refractivity contribution >= 4 is 23.2 Å². The van der Waals surface area contributed by atoms with Crippen LogP contribution in [-0.2, 0) is 11.2 Å². The first-order valence-corrected chi connectivity index (χ1v) is 10.6. The van der Waals surface area contributed by atoms with Crippen LogP contribution >= 0.6 is 0 Å². The second kappa shape index (κ2) is 12.3. The molecule has 0 unspecified atom stereocenters. The Kier molecular flexibility index (Phi) is 9.43. The minimum Gasteiger partial charge on any atom is -0.506 e. The molecule has 0 bridgehead atoms. The summed E-state index contributed by atoms with van der Waals surface area (Å²) in [4.78, 5) is 23.7. The van der Waals surface area contributed by atoms with Gasteiger partial charge < -0.3 is 15.7 Å². The van der Waals surface area contributed by atoms with Crippen molar-refractivity contribution in [3.8, 4) is 17.6 Å². The SMILES string of the molecule is CC(C)C#CCNC(=O)c1ccc(N=Nc2ccc(CCNC(=O)C(C)C)cc2O)cc1. The van der Waals surface area contributed by atoms with Gasteiger partial charge in [0.1, 0.15) is 11.4 Å². The molecule has 0 aliphatic carbocycles. The first-order chi connectivity index (χ1) is 15.3. The largest absolute Gasteiger partial charge is 0.506 e. The molecule has 2 rings (SSSR count). The van der Waals surface area contributed by atoms with E-state index in [4.69, 9.17) is 0 Å². The van der Waals surface area contributed by atoms with Gasteiger partial charge in [-0.05, 0) is 48.4 Å². The average Bonchev–Trinajstić information content (AvgIpc) is 2.76. The first kappa shape index (κ1) is 24.6. The lowest BCUT2D eigenvalue weighted by molar-refractivity contribution is -0.123. The van der Waals surface area contributed by atoms with Gasteiger partial charge in [-0.2, -0.15) is 5.11 Å². The van der Waals surface area contributed by atoms with Crippen molar-refractivity contribution in [1.29, 1.82) is 0 Å². The highest BCUT2D eigenvalue weighted by atomic mass is 16.3. The van der Waals surface area contributed by atoms with Gasteiger partial charge >= 0.3 is 0 Å². The van der Waals surface area contributed by atoms with Gasteiger partial charge in [-0.1, -0.05) is 45.6 Å². The number of rotatable bonds is 8. The van der Waals surface area contributed by atoms with E-state index in [0.29, 0.717) is 36.4 Å². The Morgan fingerprint density at radius 1 is 1.00 bits per heavy atom. The maximum atomic E-state index is 12.1. The van der Waals surface area contributed by atoms with Gasteiger partial charge in [0.25, 0.3) is 5.91 Å². The van der Waals surface area contributed by atoms with Gasteiger partial charge in [0, 0.05) is 23.9 Å². The number of hydrogen-bond acceptors (Lipinski definition) is 5. The number of hydrogen-bond donors (Lipinski definition) is 3. The molecule has 7 nitrogen and oxygen atoms in total. The standard InChI is InChI=1S/C25H30N4O3/c1-17(2)6-5-14-26-25(32)20-8-10-21(11-9-20)28-29-22-12-7-19(16-23(22)30)13-15-27-24(31)18(3)4/h7-12,16-18,30H,13-15H2,1-4H3,(H,26,32)(H,27,31). The van der Waals surface area contributed by atoms with Gasteiger partial charge in [0.05, 0.1) is 12.2 Å². The second-order valence-corrected chi connectivity index (χ2v) is 7.92. The van der Waals surface area contributed by atoms with Crippen LogP contribution in [0.25, 0.3) is 0 Å². The van der Waals surface area contributed by atoms with Gasteiger partial charge in [-0.3, -0.25) is 9.59 Å². The first-order valence-electron chi connectivity index (χ1n) is 10.6. The molecule has 2 aromatic rings. The van der Waals surface area contributed by atoms with Gasteiger partial charge in [-0.15, -0.1) is 5.11 Å². The minimum atomic E-state index is -0.204. The zero-order valence-electron chi connectivity index (χ0n) is 19.0. The van der Waals surface area contributed by atoms with E-state index < -0.39 is 0 Å². The number of aromatic hydroxyl groups is 1. The summed E-state index contributed by atoms with van der Waals surface area (Å²) < 4.78 is 0. The minimum absolute atomic E-state index is 0.00273. The van der Waals surface area contributed by atoms with Crippen molar-refractivity contribution in [2.45, 2.75) is 34.1 Å². The average molecular weight is 435 g/mol. The molecule has 0 aromatic heterocycles. The summed E-state index contributed by atoms with van der Waals surface area (Å²) in [5, 5.41) is 24.0. The fourth-order valence-corrected chi connectivity index (χ4v) is 2.62. The fraction of sp³-hybridized carbons (Fsp3) is 0.360. The zero-order chi connectivity index (χ0) is 23.5. The molecule has 2 aromatic carbocycles. The summed E-state index contributed by atoms with van der Waals surface area (Å²) in [6, 6.07) is 11.8. The second-order valence-electron chi connectivity index (χ2n) is 7.92. The third kappa shape index (κ3) is 8.23. The molecule has 3 N–H and O–H groups in total. The van der Waals surface area contributed by atoms with Crippen LogP contribution in [0, 0.1) is 23.7 Å². The molecule has 0 heterocycles. The Balaban J connectivity index is 1.91. The highest BCUT2D eigenvalue weighted by molar-refractivity contribution is 5.94. The quantitative estimate of drug-likeness (QED) is 0.421. The molecule has 7 heteroatoms. The predicted octanol–water partition coefficient (Wildman–Crippen LogP) is 4.51. The lowest BCUT2D eigenvalue weighted by Gasteiger charge is -2.08. The van der Waals surface area contributed by atoms with Crippen LogP contribution in [0.5, 0.6) is 5.75 Å². The molecule has 0 saturated carbocycles. The third-order valence-electron chi connectivity index (χ3n) is 4.41. The maximum Gasteiger partial charge on any atom is 0.252 e. The van der Waals surface area contributed by atoms with E-state index in [1.807, 2.05) is 33.8 Å². The summed E-state index contributed by atoms with van der Waals surface area (Å²) in [6.45, 7) is 8.47. The van der Waals surface area contributed by atoms with Crippen molar-refractivity contribution in [1.82, 2.24) is 10.6 Å². The fourth-order valence-electron chi connectivity index (χ4n) is 2.62. The van der Waals surface area contributed by atoms with E-state index in [1.165, 1.54) is 0 Å². The Morgan fingerprint density at radius 2 is 1.72 bits per heavy atom. The van der Waals surface area contributed by atoms with Crippen molar-refractivity contribution in [2.24, 2.45) is 22.1 Å². The lowest BCUT2D eigenvalue weighted by atomic mass is 10.1. The van der Waals surface area contributed by atoms with Crippen LogP contribution in [0.2, 0.25) is 0 Å². The van der Waals surface area contributed by atoms with E-state index in [-0.39, 0.29) is 29.4 Å². The Hall–Kier alpha value is -3.66. The number of nitrogens with zero attached hydrogens (tertiary/aromatic N) is 2. The van der Waals surface area contributed by atoms with Crippen molar-refractivity contribution < 1.29 is 14.7 Å². The number of nitrogens with one attached hydrogen (secondary N) is 2. The molecule has 0 radical (unpaired) electrons. The number of phenolic OH excluding ortho intramolecular Hbond substituents is 1. The molecule has 168 valence electrons. The van der Waals surface area contributed by atoms with Gasteiger partial charge in [0.15, 0.2) is 0 Å². The highest BCUT2D eigenvalue weighted by Crippen LogP contribution is 2.29. The predicted molar refractivity (Wildman–Crippen MR) is 125 cm³/mol. The molecule has 2 amide bonds. The molecule has 0 atom stereocenters. The molecule has 32 heavy (non-hydrogen) atoms. The summed E-state index contributed by atoms with van der Waals surface area (Å²) in [7, 11) is 0. The Labute approximate surface area is 189 Å². The van der Waals surface area contributed by atoms with Crippen LogP contribution in [0.15, 0.2) is 52.7 Å². The van der Waals surface area contributed by atoms with E-state index in [1.54, 1.807) is 36.4 Å². The van der Waals surface area contributed by atoms with Crippen LogP contribution in [0.3, 0.4) is 0 Å². The van der Waals surface area contributed by atoms with E-state index in [2.05, 4.69) is 32.7 Å². The zero-order valence-corrected chi connectivity index (χ0v) is 19.0. The number of carbonyl (C=O) groups excluding carboxylic acids is 2. The maximum absolute atomic E-state index is 12.1. The molecule has 0 aliphatic heterocycles. The van der Waals surface area contributed by atoms with Gasteiger partial charge in [-0.25, -0.2) is 0 Å². The number of phenols is 1. The topological polar surface area (TPSA) is 103 Å². The monoisotopic (exact) mass is 434 g/mol. The summed E-state index contributed by atoms with van der Waals surface area (Å²) in [6.07, 6.45) is 0.607. The van der Waals surface area contributed by atoms with Crippen LogP contribution in [0.1, 0.15) is 43.6 Å². The molecular weight excluding hydrogens is 404 g/mol. The van der Waals surface area contributed by atoms with E-state index in [9.17, 15) is 14.7 Å². The van der Waals surface area contributed by atoms with Gasteiger partial charge in [0.2, 0.25) is 5.91 Å². The normalized spacial score (nSPS) is 10.8. The van der Waals surface area contributed by atoms with E-state index >= 15 is 0 Å². The van der Waals surface area contributed by atoms with Crippen LogP contribution in [0.4, 0.5) is 11.4 Å². The van der Waals surface area contributed by atoms with E-state index in [0.717, 1.165) is 5.56 Å². The van der Waals surface area contributed by atoms with Crippen LogP contribution in [-0.4, -0.2) is 30.0 Å². The molecule has 0 fully saturated rings. The third-order valence-corrected chi connectivity index (χ3v) is 4.41. The highest BCUT2D eigenvalue weighted by Gasteiger charge is 2.07. The lowest BCUT2D eigenvalue weighted by Crippen LogP contribution is -2.29. The number of amides is 2. The van der Waals surface area contributed by atoms with Crippen LogP contribution < -0.4 is 10.6 Å². The van der Waals surface area contributed by atoms with Crippen molar-refractivity contribution in [3.05, 3.63) is 53.6 Å². The number of azo groups is 1. The van der Waals surface area contributed by atoms with Crippen molar-refractivity contribution in [2.75, 3.05) is 13.1 Å². The number of carbonyl (C=O) groups is 2. The smallest absolute Gasteiger partial charge is 0.252 e. The molecule has 0 saturated heterocycles. The Bertz CT molecular complexity index is 1020. The van der Waals surface area contributed by atoms with Crippen molar-refractivity contribution in [3.63, 3.8) is 0 Å². The summed E-state index contributed by atoms with van der Waals surface area (Å²) in [5.41, 5.74) is 2.29. The Morgan fingerprint density at radius 3 is 2.34 bits per heavy atom. The molecule has 0 aliphatic rings. The molecular formula is C25H30N4O3. The number of benzene rings is 2. The summed E-state index contributed by atoms with van der Waals surface area (Å²) in [5.74, 6) is 5.92. The molecule has 0 spiro atoms. The summed E-state index contributed by atoms with van der Waals surface area (Å²) >= 11 is 0.